The lowest BCUT2D eigenvalue weighted by atomic mass is 9.91. The van der Waals surface area contributed by atoms with Gasteiger partial charge in [-0.1, -0.05) is 18.2 Å². The van der Waals surface area contributed by atoms with E-state index in [0.29, 0.717) is 29.5 Å². The molecule has 5 heterocycles. The maximum absolute atomic E-state index is 14.7. The molecule has 1 saturated carbocycles. The number of nitrogens with two attached hydrogens (primary N) is 1. The SMILES string of the molecule is Cc1c(-c2[nH]nc3nc(N4CC[C@@H]5[C@H](C4)[C@@]5(CN)c4ccccc4F)cnc23)ccn2cnnc12. The number of nitrogens with one attached hydrogen (secondary N) is 1. The van der Waals surface area contributed by atoms with Crippen molar-refractivity contribution in [1.82, 2.24) is 34.8 Å². The van der Waals surface area contributed by atoms with Crippen LogP contribution in [0.15, 0.2) is 49.1 Å². The monoisotopic (exact) mass is 469 g/mol. The highest BCUT2D eigenvalue weighted by Crippen LogP contribution is 2.63. The van der Waals surface area contributed by atoms with E-state index in [-0.39, 0.29) is 11.2 Å². The molecule has 35 heavy (non-hydrogen) atoms. The average molecular weight is 470 g/mol. The quantitative estimate of drug-likeness (QED) is 0.416. The van der Waals surface area contributed by atoms with Gasteiger partial charge in [-0.2, -0.15) is 5.10 Å². The van der Waals surface area contributed by atoms with Crippen molar-refractivity contribution in [2.75, 3.05) is 24.5 Å². The summed E-state index contributed by atoms with van der Waals surface area (Å²) in [6.07, 6.45) is 6.35. The normalized spacial score (nSPS) is 23.7. The van der Waals surface area contributed by atoms with Gasteiger partial charge < -0.3 is 10.6 Å². The Balaban J connectivity index is 1.20. The van der Waals surface area contributed by atoms with E-state index in [1.807, 2.05) is 41.9 Å². The molecule has 0 spiro atoms. The Kier molecular flexibility index (Phi) is 4.26. The molecular weight excluding hydrogens is 445 g/mol. The second-order valence-corrected chi connectivity index (χ2v) is 9.59. The Bertz CT molecular complexity index is 1590. The van der Waals surface area contributed by atoms with Gasteiger partial charge in [-0.25, -0.2) is 14.4 Å². The topological polar surface area (TPSA) is 114 Å². The molecule has 0 radical (unpaired) electrons. The molecule has 4 aromatic heterocycles. The zero-order valence-corrected chi connectivity index (χ0v) is 19.2. The summed E-state index contributed by atoms with van der Waals surface area (Å²) in [6.45, 7) is 4.06. The van der Waals surface area contributed by atoms with Crippen LogP contribution in [0.2, 0.25) is 0 Å². The maximum atomic E-state index is 14.7. The van der Waals surface area contributed by atoms with Gasteiger partial charge in [-0.05, 0) is 42.9 Å². The zero-order valence-electron chi connectivity index (χ0n) is 19.2. The van der Waals surface area contributed by atoms with Crippen LogP contribution in [-0.2, 0) is 5.41 Å². The summed E-state index contributed by atoms with van der Waals surface area (Å²) in [5.74, 6) is 1.31. The average Bonchev–Trinajstić information content (AvgIpc) is 3.18. The lowest BCUT2D eigenvalue weighted by Crippen LogP contribution is -2.32. The van der Waals surface area contributed by atoms with Crippen molar-refractivity contribution < 1.29 is 4.39 Å². The molecular formula is C25H24FN9. The van der Waals surface area contributed by atoms with Crippen molar-refractivity contribution in [1.29, 1.82) is 0 Å². The molecule has 10 heteroatoms. The summed E-state index contributed by atoms with van der Waals surface area (Å²) in [5, 5.41) is 15.8. The van der Waals surface area contributed by atoms with Crippen molar-refractivity contribution in [3.05, 3.63) is 66.0 Å². The standard InChI is InChI=1S/C25H24FN9/c1-14-15(6-8-35-13-29-33-24(14)35)21-22-23(32-31-21)30-20(10-28-22)34-9-7-16-18(11-34)25(16,12-27)17-4-2-3-5-19(17)26/h2-6,8,10,13,16,18H,7,9,11-12,27H2,1H3,(H,30,31,32)/t16-,18+,25-/m1/s1. The van der Waals surface area contributed by atoms with Crippen LogP contribution < -0.4 is 10.6 Å². The van der Waals surface area contributed by atoms with Crippen LogP contribution in [0.1, 0.15) is 17.5 Å². The zero-order chi connectivity index (χ0) is 23.7. The van der Waals surface area contributed by atoms with Crippen molar-refractivity contribution in [2.45, 2.75) is 18.8 Å². The molecule has 3 N–H and O–H groups in total. The van der Waals surface area contributed by atoms with Gasteiger partial charge in [0.25, 0.3) is 0 Å². The minimum atomic E-state index is -0.297. The number of piperidine rings is 1. The van der Waals surface area contributed by atoms with E-state index in [0.717, 1.165) is 53.4 Å². The molecule has 2 fully saturated rings. The molecule has 0 bridgehead atoms. The predicted molar refractivity (Wildman–Crippen MR) is 129 cm³/mol. The number of anilines is 1. The van der Waals surface area contributed by atoms with Crippen molar-refractivity contribution in [3.63, 3.8) is 0 Å². The molecule has 1 saturated heterocycles. The number of hydrogen-bond donors (Lipinski definition) is 2. The number of nitrogens with zero attached hydrogens (tertiary/aromatic N) is 7. The first kappa shape index (κ1) is 20.5. The predicted octanol–water partition coefficient (Wildman–Crippen LogP) is 2.86. The van der Waals surface area contributed by atoms with E-state index in [9.17, 15) is 4.39 Å². The highest BCUT2D eigenvalue weighted by molar-refractivity contribution is 5.90. The second kappa shape index (κ2) is 7.29. The number of aryl methyl sites for hydroxylation is 1. The summed E-state index contributed by atoms with van der Waals surface area (Å²) in [7, 11) is 0. The van der Waals surface area contributed by atoms with Gasteiger partial charge in [0, 0.05) is 42.4 Å². The fourth-order valence-corrected chi connectivity index (χ4v) is 6.25. The molecule has 0 unspecified atom stereocenters. The van der Waals surface area contributed by atoms with Crippen LogP contribution in [0.5, 0.6) is 0 Å². The highest BCUT2D eigenvalue weighted by atomic mass is 19.1. The van der Waals surface area contributed by atoms with Gasteiger partial charge in [0.05, 0.1) is 11.9 Å². The Morgan fingerprint density at radius 2 is 2.11 bits per heavy atom. The van der Waals surface area contributed by atoms with Gasteiger partial charge >= 0.3 is 0 Å². The summed E-state index contributed by atoms with van der Waals surface area (Å²) < 4.78 is 16.6. The number of H-pyrrole nitrogens is 1. The molecule has 1 aliphatic heterocycles. The third kappa shape index (κ3) is 2.80. The Hall–Kier alpha value is -3.92. The number of aromatic nitrogens is 7. The molecule has 2 aliphatic rings. The van der Waals surface area contributed by atoms with Crippen LogP contribution in [0.25, 0.3) is 28.1 Å². The molecule has 1 aromatic carbocycles. The molecule has 3 atom stereocenters. The minimum Gasteiger partial charge on any atom is -0.355 e. The summed E-state index contributed by atoms with van der Waals surface area (Å²) in [5.41, 5.74) is 11.5. The van der Waals surface area contributed by atoms with Crippen LogP contribution in [0, 0.1) is 24.6 Å². The highest BCUT2D eigenvalue weighted by Gasteiger charge is 2.66. The Labute approximate surface area is 200 Å². The first-order valence-corrected chi connectivity index (χ1v) is 11.8. The summed E-state index contributed by atoms with van der Waals surface area (Å²) in [6, 6.07) is 9.05. The molecule has 9 nitrogen and oxygen atoms in total. The first-order valence-electron chi connectivity index (χ1n) is 11.8. The van der Waals surface area contributed by atoms with Gasteiger partial charge in [-0.3, -0.25) is 9.50 Å². The van der Waals surface area contributed by atoms with Crippen molar-refractivity contribution in [2.24, 2.45) is 17.6 Å². The fourth-order valence-electron chi connectivity index (χ4n) is 6.25. The largest absolute Gasteiger partial charge is 0.355 e. The van der Waals surface area contributed by atoms with E-state index < -0.39 is 0 Å². The number of hydrogen-bond acceptors (Lipinski definition) is 7. The first-order chi connectivity index (χ1) is 17.1. The van der Waals surface area contributed by atoms with E-state index in [1.165, 1.54) is 6.07 Å². The number of halogens is 1. The number of aromatic amines is 1. The number of pyridine rings is 1. The summed E-state index contributed by atoms with van der Waals surface area (Å²) in [4.78, 5) is 11.8. The lowest BCUT2D eigenvalue weighted by Gasteiger charge is -2.26. The smallest absolute Gasteiger partial charge is 0.202 e. The fraction of sp³-hybridized carbons (Fsp3) is 0.320. The maximum Gasteiger partial charge on any atom is 0.202 e. The van der Waals surface area contributed by atoms with Crippen LogP contribution >= 0.6 is 0 Å². The van der Waals surface area contributed by atoms with Crippen molar-refractivity contribution in [3.8, 4) is 11.3 Å². The molecule has 1 aliphatic carbocycles. The van der Waals surface area contributed by atoms with Gasteiger partial charge in [0.15, 0.2) is 5.65 Å². The van der Waals surface area contributed by atoms with E-state index >= 15 is 0 Å². The van der Waals surface area contributed by atoms with E-state index in [1.54, 1.807) is 12.4 Å². The Morgan fingerprint density at radius 3 is 2.97 bits per heavy atom. The third-order valence-corrected chi connectivity index (χ3v) is 8.10. The van der Waals surface area contributed by atoms with Crippen LogP contribution in [0.3, 0.4) is 0 Å². The number of fused-ring (bicyclic) bond motifs is 3. The van der Waals surface area contributed by atoms with Gasteiger partial charge in [-0.15, -0.1) is 10.2 Å². The third-order valence-electron chi connectivity index (χ3n) is 8.10. The van der Waals surface area contributed by atoms with Gasteiger partial charge in [0.2, 0.25) is 5.65 Å². The number of rotatable bonds is 4. The molecule has 0 amide bonds. The molecule has 5 aromatic rings. The van der Waals surface area contributed by atoms with Gasteiger partial charge in [0.1, 0.15) is 23.5 Å². The van der Waals surface area contributed by atoms with Crippen LogP contribution in [-0.4, -0.2) is 54.4 Å². The number of benzene rings is 1. The molecule has 7 rings (SSSR count). The molecule has 176 valence electrons. The Morgan fingerprint density at radius 1 is 1.23 bits per heavy atom. The minimum absolute atomic E-state index is 0.163. The van der Waals surface area contributed by atoms with E-state index in [2.05, 4.69) is 25.3 Å². The second-order valence-electron chi connectivity index (χ2n) is 9.59. The van der Waals surface area contributed by atoms with Crippen molar-refractivity contribution >= 4 is 22.6 Å². The summed E-state index contributed by atoms with van der Waals surface area (Å²) >= 11 is 0. The van der Waals surface area contributed by atoms with E-state index in [4.69, 9.17) is 15.7 Å². The van der Waals surface area contributed by atoms with Crippen LogP contribution in [0.4, 0.5) is 10.2 Å². The lowest BCUT2D eigenvalue weighted by molar-refractivity contribution is 0.533.